The summed E-state index contributed by atoms with van der Waals surface area (Å²) in [6.45, 7) is 3.34. The van der Waals surface area contributed by atoms with Crippen molar-refractivity contribution in [2.24, 2.45) is 0 Å². The van der Waals surface area contributed by atoms with E-state index in [0.29, 0.717) is 47.4 Å². The highest BCUT2D eigenvalue weighted by Gasteiger charge is 2.34. The molecule has 2 aliphatic rings. The van der Waals surface area contributed by atoms with Gasteiger partial charge in [-0.05, 0) is 61.6 Å². The zero-order chi connectivity index (χ0) is 25.2. The Morgan fingerprint density at radius 3 is 2.67 bits per heavy atom. The summed E-state index contributed by atoms with van der Waals surface area (Å²) in [4.78, 5) is 35.2. The van der Waals surface area contributed by atoms with E-state index in [1.165, 1.54) is 11.0 Å². The summed E-state index contributed by atoms with van der Waals surface area (Å²) in [5, 5.41) is 0. The van der Waals surface area contributed by atoms with E-state index >= 15 is 0 Å². The normalized spacial score (nSPS) is 16.7. The van der Waals surface area contributed by atoms with Crippen LogP contribution in [-0.2, 0) is 17.3 Å². The molecule has 10 heteroatoms. The van der Waals surface area contributed by atoms with Gasteiger partial charge in [-0.3, -0.25) is 14.0 Å². The van der Waals surface area contributed by atoms with Gasteiger partial charge in [0, 0.05) is 36.9 Å². The lowest BCUT2D eigenvalue weighted by molar-refractivity contribution is -0.137. The number of aromatic nitrogens is 3. The Bertz CT molecular complexity index is 1580. The van der Waals surface area contributed by atoms with Gasteiger partial charge in [-0.1, -0.05) is 6.07 Å². The number of halogens is 3. The molecule has 1 saturated heterocycles. The van der Waals surface area contributed by atoms with Crippen LogP contribution in [0, 0.1) is 6.92 Å². The van der Waals surface area contributed by atoms with Gasteiger partial charge in [0.1, 0.15) is 11.3 Å². The molecule has 0 bridgehead atoms. The van der Waals surface area contributed by atoms with Crippen LogP contribution >= 0.6 is 0 Å². The Kier molecular flexibility index (Phi) is 5.18. The molecule has 1 fully saturated rings. The molecule has 0 radical (unpaired) electrons. The van der Waals surface area contributed by atoms with E-state index < -0.39 is 17.6 Å². The summed E-state index contributed by atoms with van der Waals surface area (Å²) in [5.41, 5.74) is 2.47. The van der Waals surface area contributed by atoms with Crippen LogP contribution in [0.25, 0.3) is 16.6 Å². The fourth-order valence-electron chi connectivity index (χ4n) is 5.33. The van der Waals surface area contributed by atoms with Crippen LogP contribution in [0.5, 0.6) is 0 Å². The van der Waals surface area contributed by atoms with E-state index in [1.807, 2.05) is 10.5 Å². The average Bonchev–Trinajstić information content (AvgIpc) is 3.49. The molecule has 4 aromatic rings. The second-order valence-electron chi connectivity index (χ2n) is 9.41. The van der Waals surface area contributed by atoms with Crippen molar-refractivity contribution in [2.45, 2.75) is 38.3 Å². The Morgan fingerprint density at radius 1 is 1.14 bits per heavy atom. The fraction of sp³-hybridized carbons (Fsp3) is 0.346. The summed E-state index contributed by atoms with van der Waals surface area (Å²) in [6, 6.07) is 6.97. The van der Waals surface area contributed by atoms with Gasteiger partial charge in [0.05, 0.1) is 22.8 Å². The number of ether oxygens (including phenoxy) is 1. The van der Waals surface area contributed by atoms with Crippen LogP contribution in [0.1, 0.15) is 51.6 Å². The highest BCUT2D eigenvalue weighted by atomic mass is 19.4. The first-order valence-electron chi connectivity index (χ1n) is 11.9. The summed E-state index contributed by atoms with van der Waals surface area (Å²) in [6.07, 6.45) is -0.846. The Hall–Kier alpha value is -3.66. The number of anilines is 1. The Balaban J connectivity index is 1.45. The second kappa shape index (κ2) is 8.19. The summed E-state index contributed by atoms with van der Waals surface area (Å²) in [7, 11) is 0. The summed E-state index contributed by atoms with van der Waals surface area (Å²) >= 11 is 0. The van der Waals surface area contributed by atoms with Gasteiger partial charge < -0.3 is 14.6 Å². The van der Waals surface area contributed by atoms with Crippen molar-refractivity contribution >= 4 is 28.1 Å². The van der Waals surface area contributed by atoms with E-state index in [-0.39, 0.29) is 23.7 Å². The first kappa shape index (κ1) is 22.8. The minimum absolute atomic E-state index is 0.150. The van der Waals surface area contributed by atoms with Crippen LogP contribution in [0.4, 0.5) is 18.9 Å². The molecule has 0 saturated carbocycles. The third-order valence-electron chi connectivity index (χ3n) is 7.22. The number of rotatable bonds is 2. The molecule has 0 atom stereocenters. The molecular weight excluding hydrogens is 473 g/mol. The van der Waals surface area contributed by atoms with Crippen molar-refractivity contribution in [3.63, 3.8) is 0 Å². The average molecular weight is 496 g/mol. The number of nitrogens with one attached hydrogen (secondary N) is 1. The molecule has 4 heterocycles. The fourth-order valence-corrected chi connectivity index (χ4v) is 5.33. The number of amides is 1. The number of hydrogen-bond donors (Lipinski definition) is 1. The lowest BCUT2D eigenvalue weighted by atomic mass is 9.99. The standard InChI is InChI=1S/C26H23F3N4O3/c1-14-10-21-19(31-24(34)22-13-30-23(33(21)22)16-5-8-36-9-6-16)12-18(14)25(35)32-7-4-15-2-3-17(11-20(15)32)26(27,28)29/h2-3,10-13,16H,4-9H2,1H3,(H,31,34). The SMILES string of the molecule is Cc1cc2c(cc1C(=O)N1CCc3ccc(C(F)(F)F)cc31)[nH]c(=O)c1cnc(C3CCOCC3)n12. The molecule has 2 aromatic carbocycles. The molecule has 2 aromatic heterocycles. The van der Waals surface area contributed by atoms with Crippen molar-refractivity contribution in [1.82, 2.24) is 14.4 Å². The van der Waals surface area contributed by atoms with Crippen molar-refractivity contribution in [3.8, 4) is 0 Å². The molecule has 7 nitrogen and oxygen atoms in total. The molecular formula is C26H23F3N4O3. The van der Waals surface area contributed by atoms with E-state index in [0.717, 1.165) is 36.3 Å². The molecule has 1 amide bonds. The van der Waals surface area contributed by atoms with Crippen LogP contribution in [-0.4, -0.2) is 40.0 Å². The quantitative estimate of drug-likeness (QED) is 0.440. The molecule has 6 rings (SSSR count). The number of aromatic amines is 1. The van der Waals surface area contributed by atoms with Crippen molar-refractivity contribution in [2.75, 3.05) is 24.7 Å². The lowest BCUT2D eigenvalue weighted by Gasteiger charge is -2.22. The number of fused-ring (bicyclic) bond motifs is 4. The highest BCUT2D eigenvalue weighted by molar-refractivity contribution is 6.09. The largest absolute Gasteiger partial charge is 0.416 e. The third kappa shape index (κ3) is 3.59. The van der Waals surface area contributed by atoms with E-state index in [2.05, 4.69) is 9.97 Å². The van der Waals surface area contributed by atoms with Gasteiger partial charge >= 0.3 is 6.18 Å². The minimum Gasteiger partial charge on any atom is -0.381 e. The number of carbonyl (C=O) groups is 1. The monoisotopic (exact) mass is 496 g/mol. The maximum absolute atomic E-state index is 13.6. The van der Waals surface area contributed by atoms with Crippen LogP contribution < -0.4 is 10.5 Å². The van der Waals surface area contributed by atoms with Crippen LogP contribution in [0.3, 0.4) is 0 Å². The predicted octanol–water partition coefficient (Wildman–Crippen LogP) is 4.60. The van der Waals surface area contributed by atoms with Crippen LogP contribution in [0.2, 0.25) is 0 Å². The topological polar surface area (TPSA) is 79.7 Å². The molecule has 36 heavy (non-hydrogen) atoms. The molecule has 0 spiro atoms. The van der Waals surface area contributed by atoms with E-state index in [9.17, 15) is 22.8 Å². The number of imidazole rings is 1. The first-order chi connectivity index (χ1) is 17.2. The number of hydrogen-bond acceptors (Lipinski definition) is 4. The number of carbonyl (C=O) groups excluding carboxylic acids is 1. The van der Waals surface area contributed by atoms with E-state index in [1.54, 1.807) is 19.2 Å². The lowest BCUT2D eigenvalue weighted by Crippen LogP contribution is -2.30. The van der Waals surface area contributed by atoms with Gasteiger partial charge in [-0.15, -0.1) is 0 Å². The van der Waals surface area contributed by atoms with Gasteiger partial charge in [0.25, 0.3) is 11.5 Å². The smallest absolute Gasteiger partial charge is 0.381 e. The van der Waals surface area contributed by atoms with Gasteiger partial charge in [0.15, 0.2) is 0 Å². The third-order valence-corrected chi connectivity index (χ3v) is 7.22. The maximum Gasteiger partial charge on any atom is 0.416 e. The van der Waals surface area contributed by atoms with Crippen molar-refractivity contribution in [3.05, 3.63) is 75.0 Å². The highest BCUT2D eigenvalue weighted by Crippen LogP contribution is 2.37. The van der Waals surface area contributed by atoms with Crippen molar-refractivity contribution < 1.29 is 22.7 Å². The van der Waals surface area contributed by atoms with E-state index in [4.69, 9.17) is 4.74 Å². The first-order valence-corrected chi connectivity index (χ1v) is 11.9. The minimum atomic E-state index is -4.50. The molecule has 0 aliphatic carbocycles. The summed E-state index contributed by atoms with van der Waals surface area (Å²) in [5.74, 6) is 0.538. The Labute approximate surface area is 203 Å². The number of nitrogens with zero attached hydrogens (tertiary/aromatic N) is 3. The zero-order valence-electron chi connectivity index (χ0n) is 19.5. The number of alkyl halides is 3. The van der Waals surface area contributed by atoms with Crippen molar-refractivity contribution in [1.29, 1.82) is 0 Å². The Morgan fingerprint density at radius 2 is 1.92 bits per heavy atom. The van der Waals surface area contributed by atoms with Gasteiger partial charge in [-0.2, -0.15) is 13.2 Å². The van der Waals surface area contributed by atoms with Gasteiger partial charge in [0.2, 0.25) is 0 Å². The van der Waals surface area contributed by atoms with Gasteiger partial charge in [-0.25, -0.2) is 4.98 Å². The second-order valence-corrected chi connectivity index (χ2v) is 9.41. The van der Waals surface area contributed by atoms with Crippen LogP contribution in [0.15, 0.2) is 41.3 Å². The molecule has 2 aliphatic heterocycles. The molecule has 1 N–H and O–H groups in total. The number of aryl methyl sites for hydroxylation is 1. The molecule has 0 unspecified atom stereocenters. The molecule has 186 valence electrons. The summed E-state index contributed by atoms with van der Waals surface area (Å²) < 4.78 is 47.2. The number of H-pyrrole nitrogens is 1. The predicted molar refractivity (Wildman–Crippen MR) is 128 cm³/mol. The zero-order valence-corrected chi connectivity index (χ0v) is 19.5. The maximum atomic E-state index is 13.6. The number of benzene rings is 2.